The molecular formula is C20H28O7S2. The van der Waals surface area contributed by atoms with Crippen molar-refractivity contribution >= 4 is 20.2 Å². The summed E-state index contributed by atoms with van der Waals surface area (Å²) < 4.78 is 57.3. The van der Waals surface area contributed by atoms with E-state index in [0.717, 1.165) is 55.7 Å². The highest BCUT2D eigenvalue weighted by Crippen LogP contribution is 2.62. The molecule has 1 N–H and O–H groups in total. The number of fused-ring (bicyclic) bond motifs is 5. The largest absolute Gasteiger partial charge is 0.393 e. The van der Waals surface area contributed by atoms with Crippen LogP contribution in [0.25, 0.3) is 0 Å². The minimum Gasteiger partial charge on any atom is -0.393 e. The number of hydrogen-bond donors (Lipinski definition) is 1. The van der Waals surface area contributed by atoms with Gasteiger partial charge in [-0.05, 0) is 73.3 Å². The van der Waals surface area contributed by atoms with Gasteiger partial charge in [0.25, 0.3) is 0 Å². The van der Waals surface area contributed by atoms with E-state index in [9.17, 15) is 21.9 Å². The minimum absolute atomic E-state index is 0.0697. The van der Waals surface area contributed by atoms with Crippen LogP contribution in [-0.4, -0.2) is 40.6 Å². The highest BCUT2D eigenvalue weighted by atomic mass is 32.2. The molecule has 0 spiro atoms. The summed E-state index contributed by atoms with van der Waals surface area (Å²) in [5.41, 5.74) is 1.65. The standard InChI is InChI=1S/C20H28O7S2/c1-20-9-8-15-14(16(20)6-7-18(20)21)5-4-12-10-13(26-28(2,22)23)11-17(19(12)15)27-29(3,24)25/h10-11,14-16,18,21H,4-9H2,1-3H3/t14-,15-,16-,18-,20-/m0/s1. The second-order valence-corrected chi connectivity index (χ2v) is 12.3. The van der Waals surface area contributed by atoms with E-state index in [1.54, 1.807) is 6.07 Å². The van der Waals surface area contributed by atoms with Crippen molar-refractivity contribution in [2.75, 3.05) is 12.5 Å². The molecule has 3 aliphatic rings. The number of rotatable bonds is 4. The van der Waals surface area contributed by atoms with Crippen molar-refractivity contribution in [2.24, 2.45) is 17.3 Å². The van der Waals surface area contributed by atoms with Gasteiger partial charge >= 0.3 is 20.2 Å². The van der Waals surface area contributed by atoms with E-state index < -0.39 is 20.2 Å². The molecule has 0 aliphatic heterocycles. The van der Waals surface area contributed by atoms with Crippen molar-refractivity contribution in [3.05, 3.63) is 23.3 Å². The molecule has 2 saturated carbocycles. The zero-order chi connectivity index (χ0) is 21.2. The molecule has 4 rings (SSSR count). The Morgan fingerprint density at radius 3 is 2.34 bits per heavy atom. The maximum absolute atomic E-state index is 11.9. The highest BCUT2D eigenvalue weighted by Gasteiger charge is 2.55. The fourth-order valence-electron chi connectivity index (χ4n) is 6.08. The molecular weight excluding hydrogens is 416 g/mol. The van der Waals surface area contributed by atoms with Gasteiger partial charge < -0.3 is 13.5 Å². The quantitative estimate of drug-likeness (QED) is 0.711. The lowest BCUT2D eigenvalue weighted by molar-refractivity contribution is -0.0228. The monoisotopic (exact) mass is 444 g/mol. The molecule has 3 aliphatic carbocycles. The number of benzene rings is 1. The van der Waals surface area contributed by atoms with Crippen LogP contribution in [-0.2, 0) is 26.7 Å². The Morgan fingerprint density at radius 1 is 1.00 bits per heavy atom. The van der Waals surface area contributed by atoms with Crippen molar-refractivity contribution in [3.63, 3.8) is 0 Å². The normalized spacial score (nSPS) is 34.1. The molecule has 2 fully saturated rings. The Kier molecular flexibility index (Phi) is 4.94. The summed E-state index contributed by atoms with van der Waals surface area (Å²) in [4.78, 5) is 0. The second-order valence-electron chi connectivity index (χ2n) is 9.12. The van der Waals surface area contributed by atoms with Crippen LogP contribution in [0.1, 0.15) is 56.1 Å². The van der Waals surface area contributed by atoms with Gasteiger partial charge in [-0.25, -0.2) is 0 Å². The molecule has 1 aromatic carbocycles. The zero-order valence-electron chi connectivity index (χ0n) is 16.9. The molecule has 9 heteroatoms. The van der Waals surface area contributed by atoms with Gasteiger partial charge in [0, 0.05) is 11.6 Å². The fraction of sp³-hybridized carbons (Fsp3) is 0.700. The third-order valence-corrected chi connectivity index (χ3v) is 8.17. The molecule has 7 nitrogen and oxygen atoms in total. The van der Waals surface area contributed by atoms with E-state index in [0.29, 0.717) is 18.3 Å². The topological polar surface area (TPSA) is 107 Å². The lowest BCUT2D eigenvalue weighted by Crippen LogP contribution is -2.44. The van der Waals surface area contributed by atoms with Crippen LogP contribution in [0.5, 0.6) is 11.5 Å². The number of aryl methyl sites for hydroxylation is 1. The summed E-state index contributed by atoms with van der Waals surface area (Å²) in [6.45, 7) is 2.18. The van der Waals surface area contributed by atoms with E-state index in [-0.39, 0.29) is 28.9 Å². The summed E-state index contributed by atoms with van der Waals surface area (Å²) in [5, 5.41) is 10.5. The first-order valence-electron chi connectivity index (χ1n) is 10.0. The van der Waals surface area contributed by atoms with Crippen molar-refractivity contribution < 1.29 is 30.3 Å². The Morgan fingerprint density at radius 2 is 1.69 bits per heavy atom. The SMILES string of the molecule is C[C@]12CC[C@@H]3c4c(cc(OS(C)(=O)=O)cc4OS(C)(=O)=O)CC[C@@H]3[C@@H]1CC[C@@H]2O. The first kappa shape index (κ1) is 20.9. The molecule has 162 valence electrons. The van der Waals surface area contributed by atoms with Gasteiger partial charge in [0.1, 0.15) is 11.5 Å². The summed E-state index contributed by atoms with van der Waals surface area (Å²) in [5.74, 6) is 1.11. The van der Waals surface area contributed by atoms with Gasteiger partial charge in [-0.2, -0.15) is 16.8 Å². The molecule has 0 unspecified atom stereocenters. The van der Waals surface area contributed by atoms with E-state index in [1.807, 2.05) is 0 Å². The first-order valence-corrected chi connectivity index (χ1v) is 13.6. The van der Waals surface area contributed by atoms with Crippen LogP contribution in [0.4, 0.5) is 0 Å². The van der Waals surface area contributed by atoms with Gasteiger partial charge in [0.15, 0.2) is 0 Å². The molecule has 0 bridgehead atoms. The maximum atomic E-state index is 11.9. The average molecular weight is 445 g/mol. The van der Waals surface area contributed by atoms with Gasteiger partial charge in [0.2, 0.25) is 0 Å². The van der Waals surface area contributed by atoms with E-state index in [2.05, 4.69) is 6.92 Å². The van der Waals surface area contributed by atoms with Crippen LogP contribution in [0.15, 0.2) is 12.1 Å². The predicted octanol–water partition coefficient (Wildman–Crippen LogP) is 2.58. The van der Waals surface area contributed by atoms with Crippen molar-refractivity contribution in [3.8, 4) is 11.5 Å². The molecule has 0 amide bonds. The fourth-order valence-corrected chi connectivity index (χ4v) is 6.99. The lowest BCUT2D eigenvalue weighted by atomic mass is 9.55. The molecule has 0 aromatic heterocycles. The van der Waals surface area contributed by atoms with Crippen molar-refractivity contribution in [1.82, 2.24) is 0 Å². The molecule has 0 radical (unpaired) electrons. The average Bonchev–Trinajstić information content (AvgIpc) is 2.87. The van der Waals surface area contributed by atoms with E-state index >= 15 is 0 Å². The van der Waals surface area contributed by atoms with Crippen LogP contribution >= 0.6 is 0 Å². The van der Waals surface area contributed by atoms with E-state index in [1.165, 1.54) is 6.07 Å². The Hall–Kier alpha value is -1.32. The van der Waals surface area contributed by atoms with Gasteiger partial charge in [-0.3, -0.25) is 0 Å². The van der Waals surface area contributed by atoms with Crippen molar-refractivity contribution in [1.29, 1.82) is 0 Å². The number of aliphatic hydroxyl groups excluding tert-OH is 1. The molecule has 29 heavy (non-hydrogen) atoms. The third-order valence-electron chi connectivity index (χ3n) is 7.19. The van der Waals surface area contributed by atoms with Gasteiger partial charge in [-0.15, -0.1) is 0 Å². The van der Waals surface area contributed by atoms with Crippen LogP contribution in [0, 0.1) is 17.3 Å². The first-order chi connectivity index (χ1) is 13.4. The summed E-state index contributed by atoms with van der Waals surface area (Å²) in [7, 11) is -7.54. The lowest BCUT2D eigenvalue weighted by Gasteiger charge is -2.50. The molecule has 0 heterocycles. The second kappa shape index (κ2) is 6.85. The third kappa shape index (κ3) is 3.88. The predicted molar refractivity (Wildman–Crippen MR) is 108 cm³/mol. The Labute approximate surface area is 172 Å². The van der Waals surface area contributed by atoms with Gasteiger partial charge in [-0.1, -0.05) is 6.92 Å². The van der Waals surface area contributed by atoms with Crippen LogP contribution < -0.4 is 8.37 Å². The maximum Gasteiger partial charge on any atom is 0.306 e. The summed E-state index contributed by atoms with van der Waals surface area (Å²) in [6, 6.07) is 3.07. The Balaban J connectivity index is 1.78. The van der Waals surface area contributed by atoms with Crippen LogP contribution in [0.2, 0.25) is 0 Å². The van der Waals surface area contributed by atoms with Gasteiger partial charge in [0.05, 0.1) is 18.6 Å². The Bertz CT molecular complexity index is 1030. The van der Waals surface area contributed by atoms with Crippen LogP contribution in [0.3, 0.4) is 0 Å². The smallest absolute Gasteiger partial charge is 0.306 e. The highest BCUT2D eigenvalue weighted by molar-refractivity contribution is 7.86. The zero-order valence-corrected chi connectivity index (χ0v) is 18.6. The van der Waals surface area contributed by atoms with Crippen molar-refractivity contribution in [2.45, 2.75) is 57.5 Å². The summed E-state index contributed by atoms with van der Waals surface area (Å²) >= 11 is 0. The minimum atomic E-state index is -3.79. The molecule has 5 atom stereocenters. The molecule has 0 saturated heterocycles. The number of hydrogen-bond acceptors (Lipinski definition) is 7. The number of aliphatic hydroxyl groups is 1. The molecule has 1 aromatic rings. The van der Waals surface area contributed by atoms with E-state index in [4.69, 9.17) is 8.37 Å². The summed E-state index contributed by atoms with van der Waals surface area (Å²) in [6.07, 6.45) is 6.77.